The number of rotatable bonds is 7. The van der Waals surface area contributed by atoms with Gasteiger partial charge in [0.15, 0.2) is 0 Å². The molecule has 3 heterocycles. The van der Waals surface area contributed by atoms with E-state index in [9.17, 15) is 4.79 Å². The van der Waals surface area contributed by atoms with Gasteiger partial charge in [-0.05, 0) is 61.8 Å². The van der Waals surface area contributed by atoms with Gasteiger partial charge in [0.05, 0.1) is 12.8 Å². The van der Waals surface area contributed by atoms with Crippen molar-refractivity contribution in [1.82, 2.24) is 14.9 Å². The van der Waals surface area contributed by atoms with Gasteiger partial charge in [0.2, 0.25) is 11.9 Å². The second kappa shape index (κ2) is 10.8. The molecule has 1 atom stereocenters. The van der Waals surface area contributed by atoms with E-state index in [1.165, 1.54) is 5.56 Å². The molecule has 5 rings (SSSR count). The molecule has 2 aliphatic rings. The summed E-state index contributed by atoms with van der Waals surface area (Å²) in [6.45, 7) is 2.45. The van der Waals surface area contributed by atoms with Crippen LogP contribution in [0.15, 0.2) is 66.9 Å². The molecule has 2 fully saturated rings. The molecule has 0 spiro atoms. The number of carbonyl (C=O) groups is 1. The van der Waals surface area contributed by atoms with E-state index >= 15 is 0 Å². The van der Waals surface area contributed by atoms with Crippen LogP contribution in [0.2, 0.25) is 0 Å². The molecule has 2 saturated heterocycles. The molecule has 1 aromatic heterocycles. The maximum atomic E-state index is 13.5. The second-order valence-electron chi connectivity index (χ2n) is 9.38. The molecule has 0 unspecified atom stereocenters. The zero-order chi connectivity index (χ0) is 24.0. The lowest BCUT2D eigenvalue weighted by Crippen LogP contribution is -2.49. The number of nitrogens with one attached hydrogen (secondary N) is 1. The van der Waals surface area contributed by atoms with E-state index < -0.39 is 0 Å². The molecular formula is C28H33N5O2. The first-order chi connectivity index (χ1) is 17.2. The molecule has 0 bridgehead atoms. The number of likely N-dealkylation sites (tertiary alicyclic amines) is 1. The molecule has 1 amide bonds. The summed E-state index contributed by atoms with van der Waals surface area (Å²) in [5.41, 5.74) is 2.23. The van der Waals surface area contributed by atoms with Crippen molar-refractivity contribution in [3.63, 3.8) is 0 Å². The number of benzene rings is 2. The number of para-hydroxylation sites is 2. The highest BCUT2D eigenvalue weighted by Gasteiger charge is 2.36. The van der Waals surface area contributed by atoms with E-state index in [1.54, 1.807) is 13.3 Å². The SMILES string of the molecule is COc1ccccc1Nc1ccnc(N2CCC[C@H]2C(=O)N2CCC(Cc3ccccc3)CC2)n1. The van der Waals surface area contributed by atoms with E-state index in [0.717, 1.165) is 63.2 Å². The predicted molar refractivity (Wildman–Crippen MR) is 138 cm³/mol. The number of piperidine rings is 1. The minimum atomic E-state index is -0.192. The summed E-state index contributed by atoms with van der Waals surface area (Å²) in [4.78, 5) is 26.9. The predicted octanol–water partition coefficient (Wildman–Crippen LogP) is 4.68. The molecule has 7 nitrogen and oxygen atoms in total. The number of anilines is 3. The maximum Gasteiger partial charge on any atom is 0.245 e. The van der Waals surface area contributed by atoms with Crippen LogP contribution in [-0.4, -0.2) is 53.6 Å². The van der Waals surface area contributed by atoms with Crippen LogP contribution in [-0.2, 0) is 11.2 Å². The standard InChI is InChI=1S/C28H33N5O2/c1-35-25-12-6-5-10-23(25)30-26-13-16-29-28(31-26)33-17-7-11-24(33)27(34)32-18-14-22(15-19-32)20-21-8-3-2-4-9-21/h2-6,8-10,12-13,16,22,24H,7,11,14-15,17-20H2,1H3,(H,29,30,31)/t24-/m0/s1. The number of ether oxygens (including phenoxy) is 1. The summed E-state index contributed by atoms with van der Waals surface area (Å²) < 4.78 is 5.44. The van der Waals surface area contributed by atoms with E-state index in [1.807, 2.05) is 30.3 Å². The monoisotopic (exact) mass is 471 g/mol. The van der Waals surface area contributed by atoms with Crippen molar-refractivity contribution in [2.45, 2.75) is 38.1 Å². The Bertz CT molecular complexity index is 1130. The normalized spacial score (nSPS) is 18.5. The number of amides is 1. The Labute approximate surface area is 207 Å². The van der Waals surface area contributed by atoms with Crippen molar-refractivity contribution >= 4 is 23.4 Å². The topological polar surface area (TPSA) is 70.6 Å². The quantitative estimate of drug-likeness (QED) is 0.540. The molecule has 7 heteroatoms. The highest BCUT2D eigenvalue weighted by Crippen LogP contribution is 2.30. The van der Waals surface area contributed by atoms with Gasteiger partial charge in [0.1, 0.15) is 17.6 Å². The van der Waals surface area contributed by atoms with Crippen LogP contribution in [0.1, 0.15) is 31.2 Å². The van der Waals surface area contributed by atoms with Crippen LogP contribution in [0.25, 0.3) is 0 Å². The summed E-state index contributed by atoms with van der Waals surface area (Å²) in [7, 11) is 1.65. The molecule has 0 radical (unpaired) electrons. The Kier molecular flexibility index (Phi) is 7.12. The number of methoxy groups -OCH3 is 1. The Morgan fingerprint density at radius 3 is 2.57 bits per heavy atom. The number of nitrogens with zero attached hydrogens (tertiary/aromatic N) is 4. The molecule has 0 saturated carbocycles. The van der Waals surface area contributed by atoms with Gasteiger partial charge in [0.25, 0.3) is 0 Å². The van der Waals surface area contributed by atoms with Crippen LogP contribution in [0.3, 0.4) is 0 Å². The van der Waals surface area contributed by atoms with Gasteiger partial charge in [-0.25, -0.2) is 4.98 Å². The van der Waals surface area contributed by atoms with Crippen molar-refractivity contribution in [3.05, 3.63) is 72.4 Å². The van der Waals surface area contributed by atoms with Crippen molar-refractivity contribution in [2.24, 2.45) is 5.92 Å². The molecule has 3 aromatic rings. The third-order valence-electron chi connectivity index (χ3n) is 7.10. The van der Waals surface area contributed by atoms with Crippen LogP contribution in [0.5, 0.6) is 5.75 Å². The van der Waals surface area contributed by atoms with Gasteiger partial charge in [0, 0.05) is 25.8 Å². The van der Waals surface area contributed by atoms with Gasteiger partial charge in [-0.3, -0.25) is 4.79 Å². The smallest absolute Gasteiger partial charge is 0.245 e. The zero-order valence-electron chi connectivity index (χ0n) is 20.3. The van der Waals surface area contributed by atoms with Crippen LogP contribution < -0.4 is 15.0 Å². The van der Waals surface area contributed by atoms with Gasteiger partial charge in [-0.1, -0.05) is 42.5 Å². The molecule has 182 valence electrons. The van der Waals surface area contributed by atoms with Crippen molar-refractivity contribution in [3.8, 4) is 5.75 Å². The Hall–Kier alpha value is -3.61. The Balaban J connectivity index is 1.22. The largest absolute Gasteiger partial charge is 0.495 e. The first-order valence-corrected chi connectivity index (χ1v) is 12.5. The first-order valence-electron chi connectivity index (χ1n) is 12.5. The van der Waals surface area contributed by atoms with E-state index in [-0.39, 0.29) is 11.9 Å². The van der Waals surface area contributed by atoms with Gasteiger partial charge in [-0.2, -0.15) is 4.98 Å². The first kappa shape index (κ1) is 23.1. The number of aromatic nitrogens is 2. The van der Waals surface area contributed by atoms with Gasteiger partial charge >= 0.3 is 0 Å². The molecule has 2 aromatic carbocycles. The molecule has 1 N–H and O–H groups in total. The van der Waals surface area contributed by atoms with Crippen molar-refractivity contribution < 1.29 is 9.53 Å². The lowest BCUT2D eigenvalue weighted by Gasteiger charge is -2.35. The molecule has 2 aliphatic heterocycles. The minimum absolute atomic E-state index is 0.192. The summed E-state index contributed by atoms with van der Waals surface area (Å²) in [5.74, 6) is 2.88. The summed E-state index contributed by atoms with van der Waals surface area (Å²) in [5, 5.41) is 3.32. The lowest BCUT2D eigenvalue weighted by atomic mass is 9.90. The molecule has 35 heavy (non-hydrogen) atoms. The lowest BCUT2D eigenvalue weighted by molar-refractivity contribution is -0.133. The number of carbonyl (C=O) groups excluding carboxylic acids is 1. The molecule has 0 aliphatic carbocycles. The highest BCUT2D eigenvalue weighted by atomic mass is 16.5. The third kappa shape index (κ3) is 5.39. The summed E-state index contributed by atoms with van der Waals surface area (Å²) in [6.07, 6.45) is 6.77. The number of hydrogen-bond acceptors (Lipinski definition) is 6. The maximum absolute atomic E-state index is 13.5. The van der Waals surface area contributed by atoms with Crippen LogP contribution in [0.4, 0.5) is 17.5 Å². The van der Waals surface area contributed by atoms with Crippen molar-refractivity contribution in [2.75, 3.05) is 37.0 Å². The minimum Gasteiger partial charge on any atom is -0.495 e. The average molecular weight is 472 g/mol. The van der Waals surface area contributed by atoms with E-state index in [2.05, 4.69) is 50.4 Å². The third-order valence-corrected chi connectivity index (χ3v) is 7.10. The highest BCUT2D eigenvalue weighted by molar-refractivity contribution is 5.85. The fraction of sp³-hybridized carbons (Fsp3) is 0.393. The number of hydrogen-bond donors (Lipinski definition) is 1. The van der Waals surface area contributed by atoms with Crippen LogP contribution >= 0.6 is 0 Å². The summed E-state index contributed by atoms with van der Waals surface area (Å²) in [6, 6.07) is 20.0. The van der Waals surface area contributed by atoms with Gasteiger partial charge in [-0.15, -0.1) is 0 Å². The van der Waals surface area contributed by atoms with E-state index in [0.29, 0.717) is 17.7 Å². The summed E-state index contributed by atoms with van der Waals surface area (Å²) >= 11 is 0. The molecular weight excluding hydrogens is 438 g/mol. The van der Waals surface area contributed by atoms with Crippen LogP contribution in [0, 0.1) is 5.92 Å². The average Bonchev–Trinajstić information content (AvgIpc) is 3.40. The van der Waals surface area contributed by atoms with Gasteiger partial charge < -0.3 is 19.9 Å². The van der Waals surface area contributed by atoms with E-state index in [4.69, 9.17) is 9.72 Å². The Morgan fingerprint density at radius 2 is 1.77 bits per heavy atom. The van der Waals surface area contributed by atoms with Crippen molar-refractivity contribution in [1.29, 1.82) is 0 Å². The zero-order valence-corrected chi connectivity index (χ0v) is 20.3. The fourth-order valence-corrected chi connectivity index (χ4v) is 5.22. The Morgan fingerprint density at radius 1 is 1.00 bits per heavy atom. The second-order valence-corrected chi connectivity index (χ2v) is 9.38. The fourth-order valence-electron chi connectivity index (χ4n) is 5.22.